The molecule has 0 spiro atoms. The van der Waals surface area contributed by atoms with E-state index in [0.29, 0.717) is 52.9 Å². The Kier molecular flexibility index (Phi) is 11.1. The number of rotatable bonds is 6. The van der Waals surface area contributed by atoms with Gasteiger partial charge in [0.15, 0.2) is 0 Å². The zero-order valence-corrected chi connectivity index (χ0v) is 18.7. The molecular weight excluding hydrogens is 412 g/mol. The lowest BCUT2D eigenvalue weighted by molar-refractivity contribution is -0.0103. The Morgan fingerprint density at radius 2 is 1.31 bits per heavy atom. The van der Waals surface area contributed by atoms with Crippen molar-refractivity contribution in [3.8, 4) is 0 Å². The second kappa shape index (κ2) is 12.7. The summed E-state index contributed by atoms with van der Waals surface area (Å²) in [4.78, 5) is 4.40. The van der Waals surface area contributed by atoms with E-state index in [0.717, 1.165) is 21.7 Å². The monoisotopic (exact) mass is 440 g/mol. The zero-order valence-electron chi connectivity index (χ0n) is 15.4. The van der Waals surface area contributed by atoms with Crippen LogP contribution < -0.4 is 0 Å². The highest BCUT2D eigenvalue weighted by molar-refractivity contribution is 8.89. The van der Waals surface area contributed by atoms with Gasteiger partial charge in [0.1, 0.15) is 8.64 Å². The Morgan fingerprint density at radius 1 is 0.885 bits per heavy atom. The molecule has 2 aliphatic rings. The maximum atomic E-state index is 5.65. The van der Waals surface area contributed by atoms with Crippen LogP contribution >= 0.6 is 46.0 Å². The van der Waals surface area contributed by atoms with Gasteiger partial charge in [-0.05, 0) is 35.4 Å². The molecule has 2 aliphatic heterocycles. The first-order chi connectivity index (χ1) is 12.7. The van der Waals surface area contributed by atoms with Gasteiger partial charge in [-0.25, -0.2) is 0 Å². The van der Waals surface area contributed by atoms with Crippen molar-refractivity contribution in [3.63, 3.8) is 0 Å². The highest BCUT2D eigenvalue weighted by Gasteiger charge is 2.28. The van der Waals surface area contributed by atoms with Crippen molar-refractivity contribution in [2.24, 2.45) is 0 Å². The number of hydrogen-bond donors (Lipinski definition) is 0. The van der Waals surface area contributed by atoms with Crippen molar-refractivity contribution < 1.29 is 18.9 Å². The summed E-state index contributed by atoms with van der Waals surface area (Å²) >= 11 is 11.3. The summed E-state index contributed by atoms with van der Waals surface area (Å²) in [5.41, 5.74) is 0. The average Bonchev–Trinajstić information content (AvgIpc) is 2.69. The molecule has 0 aromatic rings. The largest absolute Gasteiger partial charge is 0.380 e. The molecule has 10 heteroatoms. The van der Waals surface area contributed by atoms with Gasteiger partial charge in [-0.3, -0.25) is 0 Å². The van der Waals surface area contributed by atoms with Crippen molar-refractivity contribution in [1.29, 1.82) is 0 Å². The van der Waals surface area contributed by atoms with Crippen LogP contribution in [0.4, 0.5) is 0 Å². The van der Waals surface area contributed by atoms with Gasteiger partial charge in [0.25, 0.3) is 0 Å². The van der Waals surface area contributed by atoms with Gasteiger partial charge in [-0.15, -0.1) is 0 Å². The van der Waals surface area contributed by atoms with E-state index >= 15 is 0 Å². The molecule has 6 nitrogen and oxygen atoms in total. The third-order valence-corrected chi connectivity index (χ3v) is 7.77. The standard InChI is InChI=1S/C16H28N2O4S4/c1-3-19-9-13-11-21-7-5-17(13)15(23)25-26-16(24)18-6-8-22-12-14(18)10-20-4-2/h13-14H,3-12H2,1-2H3. The van der Waals surface area contributed by atoms with Crippen LogP contribution in [-0.2, 0) is 18.9 Å². The molecule has 0 aromatic heterocycles. The third-order valence-electron chi connectivity index (χ3n) is 4.14. The van der Waals surface area contributed by atoms with Crippen LogP contribution in [-0.4, -0.2) is 96.5 Å². The third kappa shape index (κ3) is 7.05. The lowest BCUT2D eigenvalue weighted by Crippen LogP contribution is -2.50. The van der Waals surface area contributed by atoms with E-state index in [2.05, 4.69) is 9.80 Å². The molecule has 2 saturated heterocycles. The van der Waals surface area contributed by atoms with Gasteiger partial charge in [0.05, 0.1) is 51.7 Å². The van der Waals surface area contributed by atoms with Crippen LogP contribution in [0.3, 0.4) is 0 Å². The molecule has 2 rings (SSSR count). The molecule has 0 aliphatic carbocycles. The molecule has 26 heavy (non-hydrogen) atoms. The quantitative estimate of drug-likeness (QED) is 0.454. The number of thiocarbonyl (C=S) groups is 2. The van der Waals surface area contributed by atoms with Crippen molar-refractivity contribution in [2.45, 2.75) is 25.9 Å². The Bertz CT molecular complexity index is 418. The highest BCUT2D eigenvalue weighted by atomic mass is 33.1. The minimum atomic E-state index is 0.173. The summed E-state index contributed by atoms with van der Waals surface area (Å²) < 4.78 is 23.9. The Morgan fingerprint density at radius 3 is 1.69 bits per heavy atom. The summed E-state index contributed by atoms with van der Waals surface area (Å²) in [5, 5.41) is 0. The lowest BCUT2D eigenvalue weighted by atomic mass is 10.2. The maximum absolute atomic E-state index is 5.65. The van der Waals surface area contributed by atoms with Gasteiger partial charge in [-0.2, -0.15) is 0 Å². The van der Waals surface area contributed by atoms with Gasteiger partial charge < -0.3 is 28.7 Å². The van der Waals surface area contributed by atoms with Crippen LogP contribution in [0.25, 0.3) is 0 Å². The van der Waals surface area contributed by atoms with Crippen molar-refractivity contribution in [2.75, 3.05) is 65.9 Å². The molecule has 150 valence electrons. The smallest absolute Gasteiger partial charge is 0.147 e. The van der Waals surface area contributed by atoms with E-state index in [-0.39, 0.29) is 12.1 Å². The molecule has 0 radical (unpaired) electrons. The van der Waals surface area contributed by atoms with Crippen LogP contribution in [0.2, 0.25) is 0 Å². The summed E-state index contributed by atoms with van der Waals surface area (Å²) in [6.07, 6.45) is 0. The topological polar surface area (TPSA) is 43.4 Å². The second-order valence-corrected chi connectivity index (χ2v) is 9.26. The first-order valence-corrected chi connectivity index (χ1v) is 11.9. The Hall–Kier alpha value is 0.320. The van der Waals surface area contributed by atoms with E-state index in [9.17, 15) is 0 Å². The second-order valence-electron chi connectivity index (χ2n) is 5.86. The molecule has 0 amide bonds. The zero-order chi connectivity index (χ0) is 18.8. The van der Waals surface area contributed by atoms with Gasteiger partial charge in [0.2, 0.25) is 0 Å². The summed E-state index contributed by atoms with van der Waals surface area (Å²) in [6, 6.07) is 0.346. The molecule has 2 fully saturated rings. The number of nitrogens with zero attached hydrogens (tertiary/aromatic N) is 2. The summed E-state index contributed by atoms with van der Waals surface area (Å²) in [5.74, 6) is 0. The highest BCUT2D eigenvalue weighted by Crippen LogP contribution is 2.31. The molecule has 2 unspecified atom stereocenters. The predicted molar refractivity (Wildman–Crippen MR) is 116 cm³/mol. The van der Waals surface area contributed by atoms with Gasteiger partial charge in [-0.1, -0.05) is 24.4 Å². The summed E-state index contributed by atoms with van der Waals surface area (Å²) in [7, 11) is 3.09. The van der Waals surface area contributed by atoms with Crippen molar-refractivity contribution in [3.05, 3.63) is 0 Å². The fourth-order valence-corrected chi connectivity index (χ4v) is 5.65. The molecule has 2 atom stereocenters. The van der Waals surface area contributed by atoms with Gasteiger partial charge in [0, 0.05) is 26.3 Å². The first kappa shape index (κ1) is 22.6. The lowest BCUT2D eigenvalue weighted by Gasteiger charge is -2.38. The molecule has 0 aromatic carbocycles. The van der Waals surface area contributed by atoms with E-state index < -0.39 is 0 Å². The van der Waals surface area contributed by atoms with E-state index in [1.165, 1.54) is 0 Å². The average molecular weight is 441 g/mol. The van der Waals surface area contributed by atoms with Crippen LogP contribution in [0.5, 0.6) is 0 Å². The van der Waals surface area contributed by atoms with E-state index in [4.69, 9.17) is 43.4 Å². The minimum Gasteiger partial charge on any atom is -0.380 e. The van der Waals surface area contributed by atoms with E-state index in [1.807, 2.05) is 13.8 Å². The molecular formula is C16H28N2O4S4. The number of hydrogen-bond acceptors (Lipinski definition) is 8. The van der Waals surface area contributed by atoms with Crippen molar-refractivity contribution in [1.82, 2.24) is 9.80 Å². The number of morpholine rings is 2. The normalized spacial score (nSPS) is 23.9. The molecule has 0 bridgehead atoms. The fourth-order valence-electron chi connectivity index (χ4n) is 2.74. The van der Waals surface area contributed by atoms with Crippen LogP contribution in [0.1, 0.15) is 13.8 Å². The molecule has 0 saturated carbocycles. The number of ether oxygens (including phenoxy) is 4. The fraction of sp³-hybridized carbons (Fsp3) is 0.875. The molecule has 0 N–H and O–H groups in total. The van der Waals surface area contributed by atoms with Crippen molar-refractivity contribution >= 4 is 54.7 Å². The first-order valence-electron chi connectivity index (χ1n) is 8.94. The Balaban J connectivity index is 1.83. The van der Waals surface area contributed by atoms with Crippen LogP contribution in [0, 0.1) is 0 Å². The Labute approximate surface area is 175 Å². The maximum Gasteiger partial charge on any atom is 0.147 e. The summed E-state index contributed by atoms with van der Waals surface area (Å²) in [6.45, 7) is 10.9. The minimum absolute atomic E-state index is 0.173. The predicted octanol–water partition coefficient (Wildman–Crippen LogP) is 2.41. The van der Waals surface area contributed by atoms with E-state index in [1.54, 1.807) is 21.6 Å². The van der Waals surface area contributed by atoms with Gasteiger partial charge >= 0.3 is 0 Å². The SMILES string of the molecule is CCOCC1COCCN1C(=S)SSC(=S)N1CCOCC1COCC. The van der Waals surface area contributed by atoms with Crippen LogP contribution in [0.15, 0.2) is 0 Å². The molecule has 2 heterocycles.